The van der Waals surface area contributed by atoms with Gasteiger partial charge in [-0.2, -0.15) is 0 Å². The van der Waals surface area contributed by atoms with E-state index in [4.69, 9.17) is 9.47 Å². The minimum absolute atomic E-state index is 0.150. The van der Waals surface area contributed by atoms with Crippen molar-refractivity contribution in [2.45, 2.75) is 38.2 Å². The van der Waals surface area contributed by atoms with Crippen molar-refractivity contribution in [1.29, 1.82) is 0 Å². The second kappa shape index (κ2) is 8.44. The highest BCUT2D eigenvalue weighted by Gasteiger charge is 2.29. The van der Waals surface area contributed by atoms with Crippen LogP contribution < -0.4 is 10.1 Å². The van der Waals surface area contributed by atoms with Crippen molar-refractivity contribution in [3.05, 3.63) is 59.7 Å². The highest BCUT2D eigenvalue weighted by Crippen LogP contribution is 2.25. The van der Waals surface area contributed by atoms with Gasteiger partial charge in [-0.25, -0.2) is 0 Å². The fourth-order valence-corrected chi connectivity index (χ4v) is 2.96. The first kappa shape index (κ1) is 19.9. The number of anilines is 1. The van der Waals surface area contributed by atoms with Gasteiger partial charge in [0.15, 0.2) is 0 Å². The molecule has 1 heterocycles. The summed E-state index contributed by atoms with van der Waals surface area (Å²) < 4.78 is 11.2. The summed E-state index contributed by atoms with van der Waals surface area (Å²) in [5.74, 6) is -0.436. The smallest absolute Gasteiger partial charge is 0.313 e. The molecule has 0 radical (unpaired) electrons. The Bertz CT molecular complexity index is 821. The molecule has 0 spiro atoms. The number of carboxylic acids is 1. The van der Waals surface area contributed by atoms with E-state index in [1.165, 1.54) is 0 Å². The highest BCUT2D eigenvalue weighted by atomic mass is 16.5. The molecule has 1 unspecified atom stereocenters. The molecular formula is C22H25NO5. The molecular weight excluding hydrogens is 358 g/mol. The van der Waals surface area contributed by atoms with Gasteiger partial charge >= 0.3 is 5.97 Å². The fourth-order valence-electron chi connectivity index (χ4n) is 2.96. The van der Waals surface area contributed by atoms with Crippen LogP contribution in [0, 0.1) is 0 Å². The van der Waals surface area contributed by atoms with Gasteiger partial charge in [-0.1, -0.05) is 12.1 Å². The van der Waals surface area contributed by atoms with Crippen LogP contribution in [-0.4, -0.2) is 36.3 Å². The molecule has 2 aromatic rings. The van der Waals surface area contributed by atoms with E-state index in [-0.39, 0.29) is 12.0 Å². The van der Waals surface area contributed by atoms with Crippen molar-refractivity contribution in [1.82, 2.24) is 0 Å². The quantitative estimate of drug-likeness (QED) is 0.758. The first-order chi connectivity index (χ1) is 13.4. The maximum Gasteiger partial charge on any atom is 0.313 e. The van der Waals surface area contributed by atoms with Crippen LogP contribution in [0.15, 0.2) is 48.5 Å². The second-order valence-corrected chi connectivity index (χ2v) is 7.43. The first-order valence-corrected chi connectivity index (χ1v) is 9.36. The van der Waals surface area contributed by atoms with Crippen LogP contribution >= 0.6 is 0 Å². The predicted molar refractivity (Wildman–Crippen MR) is 106 cm³/mol. The van der Waals surface area contributed by atoms with Crippen LogP contribution in [0.1, 0.15) is 42.6 Å². The van der Waals surface area contributed by atoms with Gasteiger partial charge in [0.1, 0.15) is 12.4 Å². The Morgan fingerprint density at radius 1 is 1.14 bits per heavy atom. The fraction of sp³-hybridized carbons (Fsp3) is 0.364. The lowest BCUT2D eigenvalue weighted by Crippen LogP contribution is -2.28. The Balaban J connectivity index is 1.57. The zero-order valence-corrected chi connectivity index (χ0v) is 16.1. The first-order valence-electron chi connectivity index (χ1n) is 9.36. The molecule has 1 aliphatic rings. The zero-order chi connectivity index (χ0) is 20.1. The third-order valence-electron chi connectivity index (χ3n) is 4.98. The minimum atomic E-state index is -0.984. The molecule has 0 aromatic heterocycles. The molecule has 1 amide bonds. The highest BCUT2D eigenvalue weighted by molar-refractivity contribution is 6.04. The third-order valence-corrected chi connectivity index (χ3v) is 4.98. The minimum Gasteiger partial charge on any atom is -0.491 e. The normalized spacial score (nSPS) is 16.6. The lowest BCUT2D eigenvalue weighted by atomic mass is 9.85. The van der Waals surface area contributed by atoms with Gasteiger partial charge in [0.05, 0.1) is 11.5 Å². The summed E-state index contributed by atoms with van der Waals surface area (Å²) in [6.45, 7) is 4.60. The average molecular weight is 383 g/mol. The Morgan fingerprint density at radius 2 is 1.82 bits per heavy atom. The van der Waals surface area contributed by atoms with Crippen LogP contribution in [-0.2, 0) is 14.9 Å². The summed E-state index contributed by atoms with van der Waals surface area (Å²) in [7, 11) is 0. The van der Waals surface area contributed by atoms with Crippen LogP contribution in [0.2, 0.25) is 0 Å². The van der Waals surface area contributed by atoms with Crippen molar-refractivity contribution < 1.29 is 24.2 Å². The number of aliphatic carboxylic acids is 1. The van der Waals surface area contributed by atoms with E-state index in [2.05, 4.69) is 5.32 Å². The summed E-state index contributed by atoms with van der Waals surface area (Å²) in [4.78, 5) is 23.7. The van der Waals surface area contributed by atoms with E-state index in [9.17, 15) is 14.7 Å². The van der Waals surface area contributed by atoms with E-state index >= 15 is 0 Å². The average Bonchev–Trinajstić information content (AvgIpc) is 3.20. The number of carbonyl (C=O) groups is 2. The second-order valence-electron chi connectivity index (χ2n) is 7.43. The van der Waals surface area contributed by atoms with Gasteiger partial charge in [0.25, 0.3) is 5.91 Å². The van der Waals surface area contributed by atoms with Crippen LogP contribution in [0.5, 0.6) is 5.75 Å². The van der Waals surface area contributed by atoms with Crippen molar-refractivity contribution in [2.75, 3.05) is 18.5 Å². The number of rotatable bonds is 7. The molecule has 2 N–H and O–H groups in total. The van der Waals surface area contributed by atoms with E-state index in [1.54, 1.807) is 62.4 Å². The molecule has 3 rings (SSSR count). The van der Waals surface area contributed by atoms with Crippen LogP contribution in [0.3, 0.4) is 0 Å². The molecule has 2 aromatic carbocycles. The Hall–Kier alpha value is -2.86. The van der Waals surface area contributed by atoms with Gasteiger partial charge < -0.3 is 19.9 Å². The molecule has 148 valence electrons. The summed E-state index contributed by atoms with van der Waals surface area (Å²) in [5, 5.41) is 12.1. The number of ether oxygens (including phenoxy) is 2. The maximum absolute atomic E-state index is 12.4. The van der Waals surface area contributed by atoms with Crippen LogP contribution in [0.25, 0.3) is 0 Å². The third kappa shape index (κ3) is 4.70. The van der Waals surface area contributed by atoms with Crippen molar-refractivity contribution in [3.8, 4) is 5.75 Å². The molecule has 0 saturated carbocycles. The van der Waals surface area contributed by atoms with E-state index in [0.717, 1.165) is 19.4 Å². The summed E-state index contributed by atoms with van der Waals surface area (Å²) in [5.41, 5.74) is 0.806. The molecule has 6 nitrogen and oxygen atoms in total. The molecule has 1 saturated heterocycles. The van der Waals surface area contributed by atoms with Crippen molar-refractivity contribution in [2.24, 2.45) is 0 Å². The van der Waals surface area contributed by atoms with E-state index in [0.29, 0.717) is 29.2 Å². The Kier molecular flexibility index (Phi) is 5.99. The van der Waals surface area contributed by atoms with E-state index in [1.807, 2.05) is 0 Å². The van der Waals surface area contributed by atoms with Gasteiger partial charge in [-0.05, 0) is 68.7 Å². The summed E-state index contributed by atoms with van der Waals surface area (Å²) in [6.07, 6.45) is 2.24. The standard InChI is InChI=1S/C22H25NO5/c1-22(2,21(25)26)16-7-9-17(10-8-16)23-20(24)15-5-11-18(12-6-15)28-14-19-4-3-13-27-19/h5-12,19H,3-4,13-14H2,1-2H3,(H,23,24)(H,25,26). The van der Waals surface area contributed by atoms with Gasteiger partial charge in [0, 0.05) is 17.9 Å². The molecule has 1 atom stereocenters. The Labute approximate surface area is 164 Å². The number of carboxylic acid groups (broad SMARTS) is 1. The zero-order valence-electron chi connectivity index (χ0n) is 16.1. The number of nitrogens with one attached hydrogen (secondary N) is 1. The monoisotopic (exact) mass is 383 g/mol. The number of benzene rings is 2. The number of hydrogen-bond acceptors (Lipinski definition) is 4. The molecule has 1 fully saturated rings. The number of amides is 1. The van der Waals surface area contributed by atoms with Gasteiger partial charge in [0.2, 0.25) is 0 Å². The molecule has 0 aliphatic carbocycles. The lowest BCUT2D eigenvalue weighted by Gasteiger charge is -2.19. The predicted octanol–water partition coefficient (Wildman–Crippen LogP) is 3.86. The van der Waals surface area contributed by atoms with Crippen LogP contribution in [0.4, 0.5) is 5.69 Å². The van der Waals surface area contributed by atoms with E-state index < -0.39 is 11.4 Å². The van der Waals surface area contributed by atoms with Gasteiger partial charge in [-0.15, -0.1) is 0 Å². The Morgan fingerprint density at radius 3 is 2.39 bits per heavy atom. The topological polar surface area (TPSA) is 84.9 Å². The summed E-state index contributed by atoms with van der Waals surface area (Å²) >= 11 is 0. The molecule has 1 aliphatic heterocycles. The SMILES string of the molecule is CC(C)(C(=O)O)c1ccc(NC(=O)c2ccc(OCC3CCCO3)cc2)cc1. The number of carbonyl (C=O) groups excluding carboxylic acids is 1. The maximum atomic E-state index is 12.4. The molecule has 0 bridgehead atoms. The van der Waals surface area contributed by atoms with Crippen molar-refractivity contribution in [3.63, 3.8) is 0 Å². The number of hydrogen-bond donors (Lipinski definition) is 2. The summed E-state index contributed by atoms with van der Waals surface area (Å²) in [6, 6.07) is 13.8. The van der Waals surface area contributed by atoms with Crippen molar-refractivity contribution >= 4 is 17.6 Å². The molecule has 28 heavy (non-hydrogen) atoms. The van der Waals surface area contributed by atoms with Gasteiger partial charge in [-0.3, -0.25) is 9.59 Å². The lowest BCUT2D eigenvalue weighted by molar-refractivity contribution is -0.142. The largest absolute Gasteiger partial charge is 0.491 e. The molecule has 6 heteroatoms.